The zero-order chi connectivity index (χ0) is 35.8. The van der Waals surface area contributed by atoms with Crippen LogP contribution in [0.1, 0.15) is 26.3 Å². The van der Waals surface area contributed by atoms with E-state index in [1.165, 1.54) is 38.9 Å². The molecule has 0 fully saturated rings. The molecular weight excluding hydrogens is 651 g/mol. The van der Waals surface area contributed by atoms with E-state index in [-0.39, 0.29) is 5.41 Å². The summed E-state index contributed by atoms with van der Waals surface area (Å²) in [5.74, 6) is 2.46. The summed E-state index contributed by atoms with van der Waals surface area (Å²) < 4.78 is 11.4. The van der Waals surface area contributed by atoms with Crippen LogP contribution >= 0.6 is 0 Å². The molecule has 0 aliphatic carbocycles. The van der Waals surface area contributed by atoms with Crippen LogP contribution in [0, 0.1) is 0 Å². The Morgan fingerprint density at radius 2 is 1.17 bits per heavy atom. The quantitative estimate of drug-likeness (QED) is 0.180. The van der Waals surface area contributed by atoms with Gasteiger partial charge in [-0.05, 0) is 71.6 Å². The fourth-order valence-corrected chi connectivity index (χ4v) is 8.06. The average Bonchev–Trinajstić information content (AvgIpc) is 3.82. The second kappa shape index (κ2) is 11.8. The van der Waals surface area contributed by atoms with E-state index in [2.05, 4.69) is 192 Å². The van der Waals surface area contributed by atoms with Crippen molar-refractivity contribution in [3.8, 4) is 17.3 Å². The SMILES string of the molecule is Cn1c2ccccc2c2cnc(-n3c4ccccc4c4ccc(Oc5cc(N6CN(c7ccccc7)c7ccccc76)cc(C(C)(C)C)c5)cc43)cc21. The van der Waals surface area contributed by atoms with Crippen LogP contribution in [0.3, 0.4) is 0 Å². The minimum absolute atomic E-state index is 0.0884. The number of aromatic nitrogens is 3. The number of nitrogens with zero attached hydrogens (tertiary/aromatic N) is 5. The molecule has 0 saturated heterocycles. The Balaban J connectivity index is 1.09. The molecule has 9 aromatic rings. The highest BCUT2D eigenvalue weighted by molar-refractivity contribution is 6.11. The normalized spacial score (nSPS) is 13.1. The number of aryl methyl sites for hydroxylation is 1. The number of pyridine rings is 1. The summed E-state index contributed by atoms with van der Waals surface area (Å²) in [6.07, 6.45) is 2.02. The molecule has 1 aliphatic heterocycles. The number of rotatable bonds is 5. The first-order valence-corrected chi connectivity index (χ1v) is 18.2. The summed E-state index contributed by atoms with van der Waals surface area (Å²) in [7, 11) is 2.13. The van der Waals surface area contributed by atoms with E-state index >= 15 is 0 Å². The maximum absolute atomic E-state index is 6.86. The Bertz CT molecular complexity index is 2860. The topological polar surface area (TPSA) is 38.5 Å². The number of fused-ring (bicyclic) bond motifs is 7. The monoisotopic (exact) mass is 689 g/mol. The first-order valence-electron chi connectivity index (χ1n) is 18.2. The molecule has 4 heterocycles. The van der Waals surface area contributed by atoms with E-state index in [1.807, 2.05) is 6.20 Å². The maximum atomic E-state index is 6.86. The van der Waals surface area contributed by atoms with Crippen LogP contribution in [0.15, 0.2) is 152 Å². The van der Waals surface area contributed by atoms with Crippen LogP contribution in [0.5, 0.6) is 11.5 Å². The third-order valence-electron chi connectivity index (χ3n) is 10.8. The Morgan fingerprint density at radius 1 is 0.528 bits per heavy atom. The van der Waals surface area contributed by atoms with Gasteiger partial charge in [0.05, 0.1) is 27.9 Å². The van der Waals surface area contributed by atoms with Gasteiger partial charge in [-0.1, -0.05) is 87.5 Å². The summed E-state index contributed by atoms with van der Waals surface area (Å²) in [6, 6.07) is 51.7. The van der Waals surface area contributed by atoms with E-state index in [9.17, 15) is 0 Å². The standard InChI is InChI=1S/C47H39N5O/c1-47(2,3)31-24-33(51-30-50(32-14-6-5-7-15-32)42-20-12-13-21-43(42)51)26-35(25-31)53-34-22-23-38-36-16-9-11-19-41(36)52(45(38)27-34)46-28-44-39(29-48-46)37-17-8-10-18-40(37)49(44)4/h5-29H,30H2,1-4H3. The van der Waals surface area contributed by atoms with Crippen molar-refractivity contribution in [2.45, 2.75) is 26.2 Å². The van der Waals surface area contributed by atoms with Crippen LogP contribution in [-0.2, 0) is 12.5 Å². The molecule has 3 aromatic heterocycles. The molecule has 0 radical (unpaired) electrons. The van der Waals surface area contributed by atoms with Gasteiger partial charge in [0.2, 0.25) is 0 Å². The van der Waals surface area contributed by atoms with Crippen molar-refractivity contribution in [2.75, 3.05) is 16.5 Å². The number of hydrogen-bond acceptors (Lipinski definition) is 4. The maximum Gasteiger partial charge on any atom is 0.139 e. The lowest BCUT2D eigenvalue weighted by atomic mass is 9.86. The first kappa shape index (κ1) is 31.2. The molecule has 0 unspecified atom stereocenters. The van der Waals surface area contributed by atoms with Crippen LogP contribution in [0.4, 0.5) is 22.7 Å². The minimum Gasteiger partial charge on any atom is -0.457 e. The van der Waals surface area contributed by atoms with Crippen molar-refractivity contribution in [3.63, 3.8) is 0 Å². The number of para-hydroxylation sites is 5. The lowest BCUT2D eigenvalue weighted by Crippen LogP contribution is -2.24. The van der Waals surface area contributed by atoms with Crippen molar-refractivity contribution in [1.29, 1.82) is 0 Å². The molecule has 0 spiro atoms. The molecule has 6 heteroatoms. The van der Waals surface area contributed by atoms with Gasteiger partial charge >= 0.3 is 0 Å². The molecular formula is C47H39N5O. The highest BCUT2D eigenvalue weighted by atomic mass is 16.5. The van der Waals surface area contributed by atoms with E-state index in [0.29, 0.717) is 6.67 Å². The average molecular weight is 690 g/mol. The van der Waals surface area contributed by atoms with Gasteiger partial charge in [-0.2, -0.15) is 0 Å². The Kier molecular flexibility index (Phi) is 6.92. The number of benzene rings is 6. The minimum atomic E-state index is -0.0884. The molecule has 6 aromatic carbocycles. The van der Waals surface area contributed by atoms with Crippen molar-refractivity contribution in [1.82, 2.24) is 14.1 Å². The summed E-state index contributed by atoms with van der Waals surface area (Å²) in [5.41, 5.74) is 10.3. The van der Waals surface area contributed by atoms with Gasteiger partial charge in [0, 0.05) is 69.9 Å². The third-order valence-corrected chi connectivity index (χ3v) is 10.8. The largest absolute Gasteiger partial charge is 0.457 e. The lowest BCUT2D eigenvalue weighted by molar-refractivity contribution is 0.479. The molecule has 0 atom stereocenters. The second-order valence-corrected chi connectivity index (χ2v) is 15.1. The molecule has 1 aliphatic rings. The van der Waals surface area contributed by atoms with Crippen molar-refractivity contribution in [2.24, 2.45) is 7.05 Å². The van der Waals surface area contributed by atoms with Gasteiger partial charge in [0.1, 0.15) is 24.0 Å². The van der Waals surface area contributed by atoms with E-state index in [1.54, 1.807) is 0 Å². The van der Waals surface area contributed by atoms with E-state index < -0.39 is 0 Å². The van der Waals surface area contributed by atoms with E-state index in [4.69, 9.17) is 9.72 Å². The van der Waals surface area contributed by atoms with E-state index in [0.717, 1.165) is 50.3 Å². The molecule has 53 heavy (non-hydrogen) atoms. The first-order chi connectivity index (χ1) is 25.8. The summed E-state index contributed by atoms with van der Waals surface area (Å²) in [6.45, 7) is 7.48. The van der Waals surface area contributed by atoms with Gasteiger partial charge in [0.15, 0.2) is 0 Å². The van der Waals surface area contributed by atoms with Crippen LogP contribution in [0.2, 0.25) is 0 Å². The molecule has 0 bridgehead atoms. The van der Waals surface area contributed by atoms with Crippen LogP contribution in [-0.4, -0.2) is 20.8 Å². The fraction of sp³-hybridized carbons (Fsp3) is 0.128. The molecule has 10 rings (SSSR count). The predicted octanol–water partition coefficient (Wildman–Crippen LogP) is 12.2. The smallest absolute Gasteiger partial charge is 0.139 e. The molecule has 0 saturated carbocycles. The Hall–Kier alpha value is -6.53. The van der Waals surface area contributed by atoms with Gasteiger partial charge in [-0.15, -0.1) is 0 Å². The molecule has 6 nitrogen and oxygen atoms in total. The number of anilines is 4. The summed E-state index contributed by atoms with van der Waals surface area (Å²) >= 11 is 0. The van der Waals surface area contributed by atoms with Gasteiger partial charge < -0.3 is 19.1 Å². The van der Waals surface area contributed by atoms with Crippen molar-refractivity contribution >= 4 is 66.4 Å². The number of ether oxygens (including phenoxy) is 1. The second-order valence-electron chi connectivity index (χ2n) is 15.1. The van der Waals surface area contributed by atoms with Gasteiger partial charge in [-0.25, -0.2) is 4.98 Å². The van der Waals surface area contributed by atoms with Crippen LogP contribution in [0.25, 0.3) is 49.4 Å². The zero-order valence-corrected chi connectivity index (χ0v) is 30.3. The summed E-state index contributed by atoms with van der Waals surface area (Å²) in [5, 5.41) is 4.70. The third kappa shape index (κ3) is 5.05. The Morgan fingerprint density at radius 3 is 1.92 bits per heavy atom. The number of hydrogen-bond donors (Lipinski definition) is 0. The van der Waals surface area contributed by atoms with Crippen LogP contribution < -0.4 is 14.5 Å². The van der Waals surface area contributed by atoms with Gasteiger partial charge in [0.25, 0.3) is 0 Å². The summed E-state index contributed by atoms with van der Waals surface area (Å²) in [4.78, 5) is 9.83. The molecule has 0 N–H and O–H groups in total. The van der Waals surface area contributed by atoms with Crippen molar-refractivity contribution in [3.05, 3.63) is 157 Å². The molecule has 258 valence electrons. The highest BCUT2D eigenvalue weighted by Gasteiger charge is 2.29. The van der Waals surface area contributed by atoms with Gasteiger partial charge in [-0.3, -0.25) is 4.57 Å². The molecule has 0 amide bonds. The highest BCUT2D eigenvalue weighted by Crippen LogP contribution is 2.46. The van der Waals surface area contributed by atoms with Crippen molar-refractivity contribution < 1.29 is 4.74 Å². The predicted molar refractivity (Wildman–Crippen MR) is 220 cm³/mol. The lowest BCUT2D eigenvalue weighted by Gasteiger charge is -2.26. The fourth-order valence-electron chi connectivity index (χ4n) is 8.06. The zero-order valence-electron chi connectivity index (χ0n) is 30.3. The Labute approximate surface area is 308 Å².